The van der Waals surface area contributed by atoms with E-state index in [9.17, 15) is 9.59 Å². The summed E-state index contributed by atoms with van der Waals surface area (Å²) in [4.78, 5) is 32.8. The van der Waals surface area contributed by atoms with Gasteiger partial charge in [-0.15, -0.1) is 0 Å². The van der Waals surface area contributed by atoms with Crippen LogP contribution in [0.2, 0.25) is 0 Å². The summed E-state index contributed by atoms with van der Waals surface area (Å²) in [5.74, 6) is 1.65. The number of urea groups is 1. The molecule has 3 amide bonds. The number of aryl methyl sites for hydroxylation is 1. The van der Waals surface area contributed by atoms with Crippen LogP contribution < -0.4 is 19.5 Å². The van der Waals surface area contributed by atoms with Gasteiger partial charge < -0.3 is 19.5 Å². The average Bonchev–Trinajstić information content (AvgIpc) is 3.65. The van der Waals surface area contributed by atoms with Gasteiger partial charge in [-0.3, -0.25) is 14.7 Å². The first-order chi connectivity index (χ1) is 22.5. The van der Waals surface area contributed by atoms with E-state index in [1.54, 1.807) is 12.1 Å². The molecule has 0 spiro atoms. The highest BCUT2D eigenvalue weighted by atomic mass is 16.7. The normalized spacial score (nSPS) is 17.0. The SMILES string of the molecule is CCC1(c2ccc3c(c2)OCO3)NC(=O)N(CCCOc2cccc(-c3c(Cc4ccccc4)cnc4c(C)cccc34)c2)C1=O. The van der Waals surface area contributed by atoms with Crippen molar-refractivity contribution in [2.24, 2.45) is 0 Å². The summed E-state index contributed by atoms with van der Waals surface area (Å²) in [6.45, 7) is 4.70. The summed E-state index contributed by atoms with van der Waals surface area (Å²) >= 11 is 0. The molecule has 0 saturated carbocycles. The second-order valence-electron chi connectivity index (χ2n) is 11.7. The zero-order valence-electron chi connectivity index (χ0n) is 25.9. The molecule has 1 atom stereocenters. The van der Waals surface area contributed by atoms with Crippen molar-refractivity contribution in [3.05, 3.63) is 119 Å². The minimum atomic E-state index is -1.14. The Hall–Kier alpha value is -5.37. The van der Waals surface area contributed by atoms with E-state index in [1.807, 2.05) is 37.4 Å². The molecule has 1 unspecified atom stereocenters. The van der Waals surface area contributed by atoms with E-state index >= 15 is 0 Å². The third-order valence-electron chi connectivity index (χ3n) is 8.90. The molecule has 8 heteroatoms. The number of aromatic nitrogens is 1. The number of carbonyl (C=O) groups excluding carboxylic acids is 2. The van der Waals surface area contributed by atoms with Crippen molar-refractivity contribution >= 4 is 22.8 Å². The summed E-state index contributed by atoms with van der Waals surface area (Å²) in [7, 11) is 0. The molecule has 2 aliphatic heterocycles. The molecule has 232 valence electrons. The number of imide groups is 1. The number of hydrogen-bond acceptors (Lipinski definition) is 6. The number of hydrogen-bond donors (Lipinski definition) is 1. The van der Waals surface area contributed by atoms with Crippen molar-refractivity contribution in [3.63, 3.8) is 0 Å². The fraction of sp³-hybridized carbons (Fsp3) is 0.237. The number of para-hydroxylation sites is 1. The molecule has 5 aromatic rings. The molecule has 3 heterocycles. The Kier molecular flexibility index (Phi) is 7.78. The maximum Gasteiger partial charge on any atom is 0.325 e. The van der Waals surface area contributed by atoms with Crippen LogP contribution in [0.25, 0.3) is 22.0 Å². The predicted octanol–water partition coefficient (Wildman–Crippen LogP) is 7.16. The summed E-state index contributed by atoms with van der Waals surface area (Å²) in [5, 5.41) is 4.05. The van der Waals surface area contributed by atoms with Crippen molar-refractivity contribution in [2.45, 2.75) is 38.6 Å². The molecule has 0 bridgehead atoms. The lowest BCUT2D eigenvalue weighted by Gasteiger charge is -2.26. The third kappa shape index (κ3) is 5.30. The van der Waals surface area contributed by atoms with Gasteiger partial charge in [0.25, 0.3) is 5.91 Å². The fourth-order valence-corrected chi connectivity index (χ4v) is 6.49. The quantitative estimate of drug-likeness (QED) is 0.133. The average molecular weight is 614 g/mol. The van der Waals surface area contributed by atoms with E-state index in [0.717, 1.165) is 45.3 Å². The lowest BCUT2D eigenvalue weighted by molar-refractivity contribution is -0.131. The number of nitrogens with one attached hydrogen (secondary N) is 1. The highest BCUT2D eigenvalue weighted by Gasteiger charge is 2.51. The van der Waals surface area contributed by atoms with Gasteiger partial charge in [-0.2, -0.15) is 0 Å². The van der Waals surface area contributed by atoms with Crippen molar-refractivity contribution in [2.75, 3.05) is 19.9 Å². The van der Waals surface area contributed by atoms with Gasteiger partial charge in [0.1, 0.15) is 11.3 Å². The number of pyridine rings is 1. The Bertz CT molecular complexity index is 1940. The maximum atomic E-state index is 13.7. The van der Waals surface area contributed by atoms with Gasteiger partial charge in [0.15, 0.2) is 11.5 Å². The molecule has 1 N–H and O–H groups in total. The number of rotatable bonds is 10. The molecule has 2 aliphatic rings. The van der Waals surface area contributed by atoms with Gasteiger partial charge in [0.2, 0.25) is 6.79 Å². The minimum absolute atomic E-state index is 0.140. The highest BCUT2D eigenvalue weighted by Crippen LogP contribution is 2.40. The lowest BCUT2D eigenvalue weighted by Crippen LogP contribution is -2.43. The highest BCUT2D eigenvalue weighted by molar-refractivity contribution is 6.07. The second-order valence-corrected chi connectivity index (χ2v) is 11.7. The van der Waals surface area contributed by atoms with Gasteiger partial charge in [-0.25, -0.2) is 4.79 Å². The first-order valence-corrected chi connectivity index (χ1v) is 15.7. The Labute approximate surface area is 267 Å². The molecule has 1 saturated heterocycles. The predicted molar refractivity (Wildman–Crippen MR) is 176 cm³/mol. The standard InChI is InChI=1S/C38H35N3O5/c1-3-38(29-16-17-32-33(22-29)46-24-45-32)36(42)41(37(43)40-38)18-9-19-44-30-14-8-13-27(21-30)34-28(20-26-11-5-4-6-12-26)23-39-35-25(2)10-7-15-31(34)35/h4-8,10-17,21-23H,3,9,18-20,24H2,1-2H3,(H,40,43). The number of nitrogens with zero attached hydrogens (tertiary/aromatic N) is 2. The minimum Gasteiger partial charge on any atom is -0.494 e. The van der Waals surface area contributed by atoms with Gasteiger partial charge in [0.05, 0.1) is 12.1 Å². The molecule has 1 aromatic heterocycles. The summed E-state index contributed by atoms with van der Waals surface area (Å²) in [6.07, 6.45) is 3.65. The molecule has 0 aliphatic carbocycles. The van der Waals surface area contributed by atoms with Gasteiger partial charge in [-0.1, -0.05) is 73.7 Å². The zero-order chi connectivity index (χ0) is 31.7. The number of benzene rings is 4. The van der Waals surface area contributed by atoms with Crippen molar-refractivity contribution in [3.8, 4) is 28.4 Å². The van der Waals surface area contributed by atoms with Crippen LogP contribution in [0.4, 0.5) is 4.79 Å². The smallest absolute Gasteiger partial charge is 0.325 e. The van der Waals surface area contributed by atoms with Crippen LogP contribution in [0.1, 0.15) is 42.0 Å². The Morgan fingerprint density at radius 1 is 0.935 bits per heavy atom. The lowest BCUT2D eigenvalue weighted by atomic mass is 9.87. The zero-order valence-corrected chi connectivity index (χ0v) is 25.9. The molecule has 4 aromatic carbocycles. The summed E-state index contributed by atoms with van der Waals surface area (Å²) in [5.41, 5.74) is 6.20. The number of fused-ring (bicyclic) bond motifs is 2. The topological polar surface area (TPSA) is 90.0 Å². The summed E-state index contributed by atoms with van der Waals surface area (Å²) < 4.78 is 17.1. The van der Waals surface area contributed by atoms with Crippen LogP contribution in [0.5, 0.6) is 17.2 Å². The third-order valence-corrected chi connectivity index (χ3v) is 8.90. The fourth-order valence-electron chi connectivity index (χ4n) is 6.49. The largest absolute Gasteiger partial charge is 0.494 e. The molecule has 46 heavy (non-hydrogen) atoms. The number of ether oxygens (including phenoxy) is 3. The second kappa shape index (κ2) is 12.2. The monoisotopic (exact) mass is 613 g/mol. The molecule has 7 rings (SSSR count). The van der Waals surface area contributed by atoms with Gasteiger partial charge >= 0.3 is 6.03 Å². The van der Waals surface area contributed by atoms with Crippen LogP contribution in [-0.4, -0.2) is 41.8 Å². The summed E-state index contributed by atoms with van der Waals surface area (Å²) in [6, 6.07) is 29.8. The van der Waals surface area contributed by atoms with Crippen molar-refractivity contribution in [1.29, 1.82) is 0 Å². The van der Waals surface area contributed by atoms with Gasteiger partial charge in [0, 0.05) is 18.1 Å². The van der Waals surface area contributed by atoms with Gasteiger partial charge in [-0.05, 0) is 83.8 Å². The van der Waals surface area contributed by atoms with Crippen LogP contribution in [0, 0.1) is 6.92 Å². The van der Waals surface area contributed by atoms with Crippen molar-refractivity contribution < 1.29 is 23.8 Å². The Balaban J connectivity index is 1.07. The maximum absolute atomic E-state index is 13.7. The molecule has 1 fully saturated rings. The van der Waals surface area contributed by atoms with Crippen LogP contribution in [0.15, 0.2) is 97.2 Å². The number of carbonyl (C=O) groups is 2. The molecule has 0 radical (unpaired) electrons. The number of amides is 3. The van der Waals surface area contributed by atoms with E-state index in [2.05, 4.69) is 66.8 Å². The van der Waals surface area contributed by atoms with E-state index < -0.39 is 11.6 Å². The van der Waals surface area contributed by atoms with E-state index in [4.69, 9.17) is 19.2 Å². The molecular formula is C38H35N3O5. The van der Waals surface area contributed by atoms with E-state index in [1.165, 1.54) is 10.5 Å². The first kappa shape index (κ1) is 29.3. The van der Waals surface area contributed by atoms with Crippen LogP contribution >= 0.6 is 0 Å². The van der Waals surface area contributed by atoms with E-state index in [0.29, 0.717) is 36.5 Å². The van der Waals surface area contributed by atoms with Crippen LogP contribution in [0.3, 0.4) is 0 Å². The molecule has 8 nitrogen and oxygen atoms in total. The van der Waals surface area contributed by atoms with Crippen molar-refractivity contribution in [1.82, 2.24) is 15.2 Å². The Morgan fingerprint density at radius 3 is 2.61 bits per heavy atom. The Morgan fingerprint density at radius 2 is 1.76 bits per heavy atom. The first-order valence-electron chi connectivity index (χ1n) is 15.7. The molecular weight excluding hydrogens is 578 g/mol. The van der Waals surface area contributed by atoms with Crippen LogP contribution in [-0.2, 0) is 16.8 Å². The van der Waals surface area contributed by atoms with E-state index in [-0.39, 0.29) is 19.2 Å².